The summed E-state index contributed by atoms with van der Waals surface area (Å²) in [6.07, 6.45) is 0. The minimum Gasteiger partial charge on any atom is -0.508 e. The number of hydrogen-bond acceptors (Lipinski definition) is 2. The van der Waals surface area contributed by atoms with E-state index < -0.39 is 0 Å². The van der Waals surface area contributed by atoms with Crippen molar-refractivity contribution in [3.63, 3.8) is 0 Å². The lowest BCUT2D eigenvalue weighted by molar-refractivity contribution is 0.298. The number of fused-ring (bicyclic) bond motifs is 1. The fourth-order valence-corrected chi connectivity index (χ4v) is 2.19. The highest BCUT2D eigenvalue weighted by molar-refractivity contribution is 5.82. The maximum absolute atomic E-state index is 9.53. The molecule has 1 aromatic heterocycles. The molecule has 0 spiro atoms. The van der Waals surface area contributed by atoms with Crippen LogP contribution in [-0.2, 0) is 13.7 Å². The van der Waals surface area contributed by atoms with E-state index in [1.807, 2.05) is 48.0 Å². The largest absolute Gasteiger partial charge is 0.508 e. The van der Waals surface area contributed by atoms with Gasteiger partial charge in [-0.25, -0.2) is 0 Å². The second kappa shape index (κ2) is 4.69. The van der Waals surface area contributed by atoms with E-state index in [4.69, 9.17) is 4.74 Å². The fourth-order valence-electron chi connectivity index (χ4n) is 2.19. The Bertz CT molecular complexity index is 701. The summed E-state index contributed by atoms with van der Waals surface area (Å²) in [6, 6.07) is 17.2. The molecule has 3 heteroatoms. The maximum Gasteiger partial charge on any atom is 0.128 e. The molecule has 0 bridgehead atoms. The third-order valence-electron chi connectivity index (χ3n) is 3.26. The Kier molecular flexibility index (Phi) is 2.88. The highest BCUT2D eigenvalue weighted by atomic mass is 16.5. The van der Waals surface area contributed by atoms with E-state index >= 15 is 0 Å². The average Bonchev–Trinajstić information content (AvgIpc) is 2.74. The summed E-state index contributed by atoms with van der Waals surface area (Å²) in [6.45, 7) is 0.510. The van der Waals surface area contributed by atoms with Crippen molar-refractivity contribution in [1.29, 1.82) is 0 Å². The van der Waals surface area contributed by atoms with Crippen LogP contribution in [0, 0.1) is 0 Å². The van der Waals surface area contributed by atoms with Crippen LogP contribution in [-0.4, -0.2) is 9.67 Å². The first kappa shape index (κ1) is 11.7. The van der Waals surface area contributed by atoms with Gasteiger partial charge < -0.3 is 14.4 Å². The van der Waals surface area contributed by atoms with Crippen molar-refractivity contribution in [3.8, 4) is 11.5 Å². The summed E-state index contributed by atoms with van der Waals surface area (Å²) < 4.78 is 7.79. The second-order valence-corrected chi connectivity index (χ2v) is 4.54. The Hall–Kier alpha value is -2.42. The van der Waals surface area contributed by atoms with Crippen molar-refractivity contribution < 1.29 is 9.84 Å². The van der Waals surface area contributed by atoms with Crippen LogP contribution in [0.25, 0.3) is 10.9 Å². The Morgan fingerprint density at radius 3 is 2.63 bits per heavy atom. The van der Waals surface area contributed by atoms with Gasteiger partial charge >= 0.3 is 0 Å². The van der Waals surface area contributed by atoms with Gasteiger partial charge in [0, 0.05) is 18.5 Å². The molecule has 0 amide bonds. The summed E-state index contributed by atoms with van der Waals surface area (Å²) in [5.41, 5.74) is 2.08. The van der Waals surface area contributed by atoms with E-state index in [1.165, 1.54) is 0 Å². The molecule has 0 saturated heterocycles. The minimum atomic E-state index is 0.282. The van der Waals surface area contributed by atoms with Gasteiger partial charge in [0.15, 0.2) is 0 Å². The zero-order valence-corrected chi connectivity index (χ0v) is 10.7. The van der Waals surface area contributed by atoms with Gasteiger partial charge in [-0.2, -0.15) is 0 Å². The van der Waals surface area contributed by atoms with Crippen LogP contribution >= 0.6 is 0 Å². The van der Waals surface area contributed by atoms with Gasteiger partial charge in [0.05, 0.1) is 11.2 Å². The predicted molar refractivity (Wildman–Crippen MR) is 75.4 cm³/mol. The summed E-state index contributed by atoms with van der Waals surface area (Å²) in [5, 5.41) is 10.6. The zero-order chi connectivity index (χ0) is 13.2. The number of ether oxygens (including phenoxy) is 1. The molecule has 0 unspecified atom stereocenters. The molecule has 0 aliphatic heterocycles. The molecule has 1 N–H and O–H groups in total. The van der Waals surface area contributed by atoms with Crippen molar-refractivity contribution in [1.82, 2.24) is 4.57 Å². The molecular weight excluding hydrogens is 238 g/mol. The number of hydrogen-bond donors (Lipinski definition) is 1. The molecule has 3 nitrogen and oxygen atoms in total. The van der Waals surface area contributed by atoms with Crippen LogP contribution < -0.4 is 4.74 Å². The normalized spacial score (nSPS) is 10.8. The SMILES string of the molecule is Cn1c(COc2ccccc2)cc2ccc(O)cc21. The van der Waals surface area contributed by atoms with Crippen LogP contribution in [0.5, 0.6) is 11.5 Å². The molecule has 0 aliphatic carbocycles. The topological polar surface area (TPSA) is 34.4 Å². The van der Waals surface area contributed by atoms with Gasteiger partial charge in [-0.05, 0) is 30.3 Å². The molecule has 3 aromatic rings. The van der Waals surface area contributed by atoms with E-state index in [2.05, 4.69) is 6.07 Å². The number of nitrogens with zero attached hydrogens (tertiary/aromatic N) is 1. The zero-order valence-electron chi connectivity index (χ0n) is 10.7. The van der Waals surface area contributed by atoms with Gasteiger partial charge in [-0.3, -0.25) is 0 Å². The Morgan fingerprint density at radius 2 is 1.84 bits per heavy atom. The summed E-state index contributed by atoms with van der Waals surface area (Å²) in [5.74, 6) is 1.14. The summed E-state index contributed by atoms with van der Waals surface area (Å²) in [4.78, 5) is 0. The van der Waals surface area contributed by atoms with Gasteiger partial charge in [0.25, 0.3) is 0 Å². The lowest BCUT2D eigenvalue weighted by Crippen LogP contribution is -2.01. The van der Waals surface area contributed by atoms with E-state index in [-0.39, 0.29) is 5.75 Å². The molecule has 0 aliphatic rings. The molecule has 96 valence electrons. The van der Waals surface area contributed by atoms with E-state index in [0.29, 0.717) is 6.61 Å². The predicted octanol–water partition coefficient (Wildman–Crippen LogP) is 3.46. The van der Waals surface area contributed by atoms with E-state index in [0.717, 1.165) is 22.3 Å². The molecule has 3 rings (SSSR count). The minimum absolute atomic E-state index is 0.282. The molecule has 2 aromatic carbocycles. The Balaban J connectivity index is 1.87. The van der Waals surface area contributed by atoms with Crippen LogP contribution in [0.2, 0.25) is 0 Å². The molecule has 0 saturated carbocycles. The van der Waals surface area contributed by atoms with Crippen LogP contribution in [0.3, 0.4) is 0 Å². The number of aryl methyl sites for hydroxylation is 1. The number of aromatic nitrogens is 1. The van der Waals surface area contributed by atoms with Gasteiger partial charge in [-0.1, -0.05) is 18.2 Å². The molecule has 19 heavy (non-hydrogen) atoms. The van der Waals surface area contributed by atoms with Crippen LogP contribution in [0.1, 0.15) is 5.69 Å². The molecule has 0 atom stereocenters. The summed E-state index contributed by atoms with van der Waals surface area (Å²) in [7, 11) is 1.98. The molecular formula is C16H15NO2. The fraction of sp³-hybridized carbons (Fsp3) is 0.125. The van der Waals surface area contributed by atoms with Crippen molar-refractivity contribution >= 4 is 10.9 Å². The lowest BCUT2D eigenvalue weighted by atomic mass is 10.2. The molecule has 0 fully saturated rings. The number of para-hydroxylation sites is 1. The maximum atomic E-state index is 9.53. The quantitative estimate of drug-likeness (QED) is 0.775. The number of rotatable bonds is 3. The van der Waals surface area contributed by atoms with E-state index in [9.17, 15) is 5.11 Å². The second-order valence-electron chi connectivity index (χ2n) is 4.54. The Labute approximate surface area is 111 Å². The first-order valence-corrected chi connectivity index (χ1v) is 6.19. The first-order chi connectivity index (χ1) is 9.24. The number of benzene rings is 2. The third kappa shape index (κ3) is 2.27. The van der Waals surface area contributed by atoms with Gasteiger partial charge in [-0.15, -0.1) is 0 Å². The standard InChI is InChI=1S/C16H15NO2/c1-17-13(11-19-15-5-3-2-4-6-15)9-12-7-8-14(18)10-16(12)17/h2-10,18H,11H2,1H3. The smallest absolute Gasteiger partial charge is 0.128 e. The van der Waals surface area contributed by atoms with Gasteiger partial charge in [0.1, 0.15) is 18.1 Å². The monoisotopic (exact) mass is 253 g/mol. The number of phenols is 1. The van der Waals surface area contributed by atoms with Crippen molar-refractivity contribution in [2.24, 2.45) is 7.05 Å². The van der Waals surface area contributed by atoms with E-state index in [1.54, 1.807) is 12.1 Å². The highest BCUT2D eigenvalue weighted by Gasteiger charge is 2.07. The lowest BCUT2D eigenvalue weighted by Gasteiger charge is -2.07. The first-order valence-electron chi connectivity index (χ1n) is 6.19. The molecule has 0 radical (unpaired) electrons. The van der Waals surface area contributed by atoms with Crippen molar-refractivity contribution in [3.05, 3.63) is 60.3 Å². The van der Waals surface area contributed by atoms with Gasteiger partial charge in [0.2, 0.25) is 0 Å². The van der Waals surface area contributed by atoms with Crippen LogP contribution in [0.15, 0.2) is 54.6 Å². The molecule has 1 heterocycles. The summed E-state index contributed by atoms with van der Waals surface area (Å²) >= 11 is 0. The van der Waals surface area contributed by atoms with Crippen LogP contribution in [0.4, 0.5) is 0 Å². The highest BCUT2D eigenvalue weighted by Crippen LogP contribution is 2.23. The third-order valence-corrected chi connectivity index (χ3v) is 3.26. The number of phenolic OH excluding ortho intramolecular Hbond substituents is 1. The number of aromatic hydroxyl groups is 1. The van der Waals surface area contributed by atoms with Crippen molar-refractivity contribution in [2.75, 3.05) is 0 Å². The van der Waals surface area contributed by atoms with Crippen molar-refractivity contribution in [2.45, 2.75) is 6.61 Å². The average molecular weight is 253 g/mol. The Morgan fingerprint density at radius 1 is 1.05 bits per heavy atom.